The molecular formula is C10H18N2O2S2. The fourth-order valence-corrected chi connectivity index (χ4v) is 3.01. The van der Waals surface area contributed by atoms with Gasteiger partial charge in [-0.15, -0.1) is 10.2 Å². The van der Waals surface area contributed by atoms with E-state index in [4.69, 9.17) is 9.47 Å². The van der Waals surface area contributed by atoms with Crippen molar-refractivity contribution in [2.75, 3.05) is 19.0 Å². The number of rotatable bonds is 8. The van der Waals surface area contributed by atoms with E-state index in [1.165, 1.54) is 0 Å². The molecule has 0 aliphatic heterocycles. The number of hydrogen-bond donors (Lipinski definition) is 0. The zero-order valence-electron chi connectivity index (χ0n) is 9.93. The molecule has 0 bridgehead atoms. The third-order valence-electron chi connectivity index (χ3n) is 1.79. The van der Waals surface area contributed by atoms with Crippen LogP contribution < -0.4 is 0 Å². The Bertz CT molecular complexity index is 288. The van der Waals surface area contributed by atoms with Crippen LogP contribution in [0.15, 0.2) is 4.34 Å². The van der Waals surface area contributed by atoms with Gasteiger partial charge in [0, 0.05) is 25.4 Å². The van der Waals surface area contributed by atoms with Gasteiger partial charge in [-0.2, -0.15) is 0 Å². The third kappa shape index (κ3) is 5.25. The van der Waals surface area contributed by atoms with Crippen molar-refractivity contribution in [1.82, 2.24) is 10.2 Å². The summed E-state index contributed by atoms with van der Waals surface area (Å²) in [4.78, 5) is 0. The molecule has 16 heavy (non-hydrogen) atoms. The quantitative estimate of drug-likeness (QED) is 0.532. The molecule has 92 valence electrons. The highest BCUT2D eigenvalue weighted by atomic mass is 32.2. The number of ether oxygens (including phenoxy) is 2. The molecule has 0 atom stereocenters. The lowest BCUT2D eigenvalue weighted by Gasteiger charge is -2.15. The second-order valence-corrected chi connectivity index (χ2v) is 5.59. The molecule has 0 unspecified atom stereocenters. The van der Waals surface area contributed by atoms with Crippen molar-refractivity contribution in [2.24, 2.45) is 0 Å². The van der Waals surface area contributed by atoms with E-state index >= 15 is 0 Å². The maximum absolute atomic E-state index is 5.46. The highest BCUT2D eigenvalue weighted by Gasteiger charge is 2.09. The van der Waals surface area contributed by atoms with Crippen molar-refractivity contribution in [3.63, 3.8) is 0 Å². The normalized spacial score (nSPS) is 11.2. The molecule has 1 aromatic rings. The average Bonchev–Trinajstić information content (AvgIpc) is 2.65. The third-order valence-corrected chi connectivity index (χ3v) is 3.80. The molecule has 6 heteroatoms. The molecule has 0 saturated heterocycles. The Morgan fingerprint density at radius 1 is 1.25 bits per heavy atom. The molecule has 0 amide bonds. The molecule has 0 radical (unpaired) electrons. The summed E-state index contributed by atoms with van der Waals surface area (Å²) in [5, 5.41) is 9.03. The fraction of sp³-hybridized carbons (Fsp3) is 0.800. The monoisotopic (exact) mass is 262 g/mol. The molecule has 0 spiro atoms. The van der Waals surface area contributed by atoms with E-state index in [0.29, 0.717) is 13.2 Å². The molecular weight excluding hydrogens is 244 g/mol. The summed E-state index contributed by atoms with van der Waals surface area (Å²) in [5.74, 6) is 0.944. The average molecular weight is 262 g/mol. The van der Waals surface area contributed by atoms with Gasteiger partial charge in [0.1, 0.15) is 5.01 Å². The molecule has 1 aromatic heterocycles. The lowest BCUT2D eigenvalue weighted by Crippen LogP contribution is -2.18. The molecule has 1 rings (SSSR count). The van der Waals surface area contributed by atoms with Crippen LogP contribution >= 0.6 is 23.1 Å². The lowest BCUT2D eigenvalue weighted by atomic mass is 10.5. The van der Waals surface area contributed by atoms with Crippen LogP contribution in [-0.4, -0.2) is 35.5 Å². The number of nitrogens with zero attached hydrogens (tertiary/aromatic N) is 2. The van der Waals surface area contributed by atoms with Crippen LogP contribution in [0.25, 0.3) is 0 Å². The predicted molar refractivity (Wildman–Crippen MR) is 67.0 cm³/mol. The van der Waals surface area contributed by atoms with E-state index in [-0.39, 0.29) is 6.29 Å². The van der Waals surface area contributed by atoms with Gasteiger partial charge in [0.2, 0.25) is 0 Å². The summed E-state index contributed by atoms with van der Waals surface area (Å²) in [6.07, 6.45) is 0.793. The Morgan fingerprint density at radius 2 is 1.94 bits per heavy atom. The largest absolute Gasteiger partial charge is 0.353 e. The Kier molecular flexibility index (Phi) is 6.95. The number of hydrogen-bond acceptors (Lipinski definition) is 6. The van der Waals surface area contributed by atoms with Gasteiger partial charge < -0.3 is 9.47 Å². The van der Waals surface area contributed by atoms with Gasteiger partial charge in [-0.3, -0.25) is 0 Å². The molecule has 0 aliphatic carbocycles. The fourth-order valence-electron chi connectivity index (χ4n) is 1.17. The first kappa shape index (κ1) is 13.9. The van der Waals surface area contributed by atoms with Crippen molar-refractivity contribution in [1.29, 1.82) is 0 Å². The lowest BCUT2D eigenvalue weighted by molar-refractivity contribution is -0.136. The first-order chi connectivity index (χ1) is 7.76. The van der Waals surface area contributed by atoms with Crippen LogP contribution in [0.1, 0.15) is 25.3 Å². The molecule has 0 aliphatic rings. The van der Waals surface area contributed by atoms with Crippen molar-refractivity contribution < 1.29 is 9.47 Å². The first-order valence-corrected chi connectivity index (χ1v) is 7.22. The minimum absolute atomic E-state index is 0.0866. The Labute approximate surface area is 105 Å². The summed E-state index contributed by atoms with van der Waals surface area (Å²) in [5.41, 5.74) is 0. The van der Waals surface area contributed by atoms with Gasteiger partial charge in [-0.25, -0.2) is 0 Å². The zero-order valence-corrected chi connectivity index (χ0v) is 11.6. The number of aromatic nitrogens is 2. The van der Waals surface area contributed by atoms with Crippen molar-refractivity contribution in [2.45, 2.75) is 37.8 Å². The van der Waals surface area contributed by atoms with Gasteiger partial charge in [0.15, 0.2) is 10.6 Å². The Morgan fingerprint density at radius 3 is 2.44 bits per heavy atom. The first-order valence-electron chi connectivity index (χ1n) is 5.42. The summed E-state index contributed by atoms with van der Waals surface area (Å²) in [7, 11) is 0. The second kappa shape index (κ2) is 8.00. The van der Waals surface area contributed by atoms with Gasteiger partial charge in [0.25, 0.3) is 0 Å². The van der Waals surface area contributed by atoms with Gasteiger partial charge >= 0.3 is 0 Å². The van der Waals surface area contributed by atoms with Crippen molar-refractivity contribution >= 4 is 23.1 Å². The van der Waals surface area contributed by atoms with E-state index in [2.05, 4.69) is 10.2 Å². The maximum atomic E-state index is 5.46. The number of thioether (sulfide) groups is 1. The molecule has 0 fully saturated rings. The van der Waals surface area contributed by atoms with Crippen LogP contribution in [0.2, 0.25) is 0 Å². The molecule has 4 nitrogen and oxygen atoms in total. The van der Waals surface area contributed by atoms with E-state index < -0.39 is 0 Å². The summed E-state index contributed by atoms with van der Waals surface area (Å²) in [6, 6.07) is 0. The smallest absolute Gasteiger partial charge is 0.174 e. The van der Waals surface area contributed by atoms with E-state index in [1.54, 1.807) is 23.1 Å². The van der Waals surface area contributed by atoms with Crippen LogP contribution in [0.4, 0.5) is 0 Å². The van der Waals surface area contributed by atoms with Crippen LogP contribution in [-0.2, 0) is 9.47 Å². The van der Waals surface area contributed by atoms with E-state index in [0.717, 1.165) is 21.5 Å². The second-order valence-electron chi connectivity index (χ2n) is 3.06. The van der Waals surface area contributed by atoms with Gasteiger partial charge in [-0.1, -0.05) is 23.1 Å². The van der Waals surface area contributed by atoms with E-state index in [9.17, 15) is 0 Å². The molecule has 1 heterocycles. The van der Waals surface area contributed by atoms with Crippen LogP contribution in [0, 0.1) is 6.92 Å². The standard InChI is InChI=1S/C10H18N2O2S2/c1-4-13-9(14-5-2)6-7-15-10-12-11-8(3)16-10/h9H,4-7H2,1-3H3. The molecule has 0 N–H and O–H groups in total. The Balaban J connectivity index is 2.21. The highest BCUT2D eigenvalue weighted by molar-refractivity contribution is 8.01. The van der Waals surface area contributed by atoms with E-state index in [1.807, 2.05) is 20.8 Å². The number of aryl methyl sites for hydroxylation is 1. The van der Waals surface area contributed by atoms with Crippen LogP contribution in [0.5, 0.6) is 0 Å². The van der Waals surface area contributed by atoms with Crippen LogP contribution in [0.3, 0.4) is 0 Å². The minimum atomic E-state index is -0.0866. The maximum Gasteiger partial charge on any atom is 0.174 e. The molecule has 0 aromatic carbocycles. The summed E-state index contributed by atoms with van der Waals surface area (Å²) >= 11 is 3.33. The Hall–Kier alpha value is -0.170. The molecule has 0 saturated carbocycles. The van der Waals surface area contributed by atoms with Crippen molar-refractivity contribution in [3.8, 4) is 0 Å². The van der Waals surface area contributed by atoms with Gasteiger partial charge in [0.05, 0.1) is 0 Å². The van der Waals surface area contributed by atoms with Gasteiger partial charge in [-0.05, 0) is 20.8 Å². The highest BCUT2D eigenvalue weighted by Crippen LogP contribution is 2.23. The summed E-state index contributed by atoms with van der Waals surface area (Å²) < 4.78 is 11.9. The summed E-state index contributed by atoms with van der Waals surface area (Å²) in [6.45, 7) is 7.30. The minimum Gasteiger partial charge on any atom is -0.353 e. The predicted octanol–water partition coefficient (Wildman–Crippen LogP) is 2.73. The van der Waals surface area contributed by atoms with Crippen molar-refractivity contribution in [3.05, 3.63) is 5.01 Å². The topological polar surface area (TPSA) is 44.2 Å². The SMILES string of the molecule is CCOC(CCSc1nnc(C)s1)OCC. The zero-order chi connectivity index (χ0) is 11.8.